The zero-order chi connectivity index (χ0) is 35.4. The number of aliphatic carboxylic acids is 2. The van der Waals surface area contributed by atoms with Crippen LogP contribution in [0.5, 0.6) is 11.5 Å². The van der Waals surface area contributed by atoms with Crippen molar-refractivity contribution in [2.75, 3.05) is 60.1 Å². The van der Waals surface area contributed by atoms with Gasteiger partial charge in [0.2, 0.25) is 0 Å². The summed E-state index contributed by atoms with van der Waals surface area (Å²) in [7, 11) is 3.37. The molecule has 1 atom stereocenters. The summed E-state index contributed by atoms with van der Waals surface area (Å²) in [5.41, 5.74) is 4.32. The Kier molecular flexibility index (Phi) is 13.7. The Bertz CT molecular complexity index is 1500. The van der Waals surface area contributed by atoms with Gasteiger partial charge in [-0.25, -0.2) is 18.4 Å². The lowest BCUT2D eigenvalue weighted by Crippen LogP contribution is -2.48. The summed E-state index contributed by atoms with van der Waals surface area (Å²) >= 11 is 0. The second kappa shape index (κ2) is 17.9. The maximum atomic E-state index is 13.6. The molecule has 2 aliphatic heterocycles. The van der Waals surface area contributed by atoms with E-state index in [0.29, 0.717) is 18.8 Å². The molecule has 1 fully saturated rings. The van der Waals surface area contributed by atoms with Crippen molar-refractivity contribution >= 4 is 11.9 Å². The molecule has 5 rings (SSSR count). The Morgan fingerprint density at radius 2 is 1.33 bits per heavy atom. The third kappa shape index (κ3) is 10.3. The number of halogens is 2. The van der Waals surface area contributed by atoms with Crippen molar-refractivity contribution in [1.29, 1.82) is 0 Å². The van der Waals surface area contributed by atoms with Crippen molar-refractivity contribution in [2.24, 2.45) is 0 Å². The highest BCUT2D eigenvalue weighted by molar-refractivity contribution is 5.89. The quantitative estimate of drug-likeness (QED) is 0.207. The van der Waals surface area contributed by atoms with Gasteiger partial charge in [0.25, 0.3) is 0 Å². The van der Waals surface area contributed by atoms with Crippen molar-refractivity contribution in [3.8, 4) is 11.5 Å². The van der Waals surface area contributed by atoms with Gasteiger partial charge in [0.05, 0.1) is 26.4 Å². The minimum Gasteiger partial charge on any atom is -0.493 e. The minimum atomic E-state index is -1.26. The van der Waals surface area contributed by atoms with E-state index in [1.165, 1.54) is 35.4 Å². The van der Waals surface area contributed by atoms with Crippen molar-refractivity contribution in [3.05, 3.63) is 107 Å². The van der Waals surface area contributed by atoms with Crippen LogP contribution in [0, 0.1) is 11.6 Å². The lowest BCUT2D eigenvalue weighted by Gasteiger charge is -2.42. The molecule has 1 saturated heterocycles. The number of hydrogen-bond donors (Lipinski definition) is 2. The predicted octanol–water partition coefficient (Wildman–Crippen LogP) is 6.10. The second-order valence-corrected chi connectivity index (χ2v) is 12.2. The van der Waals surface area contributed by atoms with Crippen LogP contribution < -0.4 is 9.47 Å². The number of ether oxygens (including phenoxy) is 3. The summed E-state index contributed by atoms with van der Waals surface area (Å²) < 4.78 is 44.9. The first-order valence-electron chi connectivity index (χ1n) is 16.6. The molecule has 2 aliphatic rings. The van der Waals surface area contributed by atoms with E-state index in [2.05, 4.69) is 28.9 Å². The highest BCUT2D eigenvalue weighted by Crippen LogP contribution is 2.43. The molecule has 49 heavy (non-hydrogen) atoms. The first kappa shape index (κ1) is 37.5. The maximum Gasteiger partial charge on any atom is 0.328 e. The molecule has 264 valence electrons. The summed E-state index contributed by atoms with van der Waals surface area (Å²) in [6.07, 6.45) is 4.73. The van der Waals surface area contributed by atoms with E-state index in [1.807, 2.05) is 24.3 Å². The lowest BCUT2D eigenvalue weighted by atomic mass is 9.81. The average Bonchev–Trinajstić information content (AvgIpc) is 3.11. The van der Waals surface area contributed by atoms with Crippen LogP contribution in [-0.2, 0) is 26.3 Å². The molecule has 0 amide bonds. The number of fused-ring (bicyclic) bond motifs is 1. The lowest BCUT2D eigenvalue weighted by molar-refractivity contribution is -0.134. The van der Waals surface area contributed by atoms with E-state index < -0.39 is 11.9 Å². The van der Waals surface area contributed by atoms with Gasteiger partial charge in [-0.1, -0.05) is 31.2 Å². The van der Waals surface area contributed by atoms with Gasteiger partial charge < -0.3 is 34.2 Å². The first-order valence-corrected chi connectivity index (χ1v) is 16.6. The molecular weight excluding hydrogens is 634 g/mol. The van der Waals surface area contributed by atoms with Gasteiger partial charge in [0.1, 0.15) is 11.6 Å². The molecule has 3 aromatic rings. The number of rotatable bonds is 13. The fourth-order valence-corrected chi connectivity index (χ4v) is 6.61. The first-order chi connectivity index (χ1) is 23.6. The van der Waals surface area contributed by atoms with Crippen LogP contribution in [0.2, 0.25) is 0 Å². The van der Waals surface area contributed by atoms with Gasteiger partial charge in [0.15, 0.2) is 11.5 Å². The number of nitrogens with zero attached hydrogens (tertiary/aromatic N) is 2. The van der Waals surface area contributed by atoms with Gasteiger partial charge in [0, 0.05) is 50.8 Å². The number of carboxylic acids is 2. The smallest absolute Gasteiger partial charge is 0.328 e. The van der Waals surface area contributed by atoms with Gasteiger partial charge >= 0.3 is 11.9 Å². The number of hydrogen-bond acceptors (Lipinski definition) is 7. The molecule has 0 radical (unpaired) electrons. The Morgan fingerprint density at radius 1 is 0.837 bits per heavy atom. The third-order valence-corrected chi connectivity index (χ3v) is 9.37. The summed E-state index contributed by atoms with van der Waals surface area (Å²) in [6, 6.07) is 17.7. The summed E-state index contributed by atoms with van der Waals surface area (Å²) in [4.78, 5) is 24.2. The Balaban J connectivity index is 0.000000603. The molecule has 3 aromatic carbocycles. The number of methoxy groups -OCH3 is 2. The molecule has 2 heterocycles. The van der Waals surface area contributed by atoms with E-state index in [0.717, 1.165) is 87.6 Å². The van der Waals surface area contributed by atoms with Gasteiger partial charge in [-0.2, -0.15) is 0 Å². The Labute approximate surface area is 286 Å². The second-order valence-electron chi connectivity index (χ2n) is 12.2. The SMILES string of the molecule is CCC1(CCN2CCN(CCC(c3ccc(F)cc3)c3ccc(F)cc3)CC2)OCCc2cc(OC)c(OC)cc21.O=C(O)C=CC(=O)O. The highest BCUT2D eigenvalue weighted by Gasteiger charge is 2.38. The molecule has 1 unspecified atom stereocenters. The van der Waals surface area contributed by atoms with Crippen LogP contribution in [-0.4, -0.2) is 92.0 Å². The molecule has 0 spiro atoms. The van der Waals surface area contributed by atoms with Crippen LogP contribution in [0.25, 0.3) is 0 Å². The topological polar surface area (TPSA) is 109 Å². The number of piperazine rings is 1. The standard InChI is InChI=1S/C34H42F2N2O3.C4H4O4/c1-4-34(31-24-33(40-3)32(39-2)23-27(31)14-22-41-34)15-17-38-20-18-37(19-21-38)16-13-30(25-5-9-28(35)10-6-25)26-7-11-29(36)12-8-26;5-3(6)1-2-4(7)8/h5-12,23-24,30H,4,13-22H2,1-3H3;1-2H,(H,5,6)(H,7,8). The number of carboxylic acid groups (broad SMARTS) is 2. The Morgan fingerprint density at radius 3 is 1.80 bits per heavy atom. The minimum absolute atomic E-state index is 0.0952. The summed E-state index contributed by atoms with van der Waals surface area (Å²) in [5.74, 6) is -1.38. The van der Waals surface area contributed by atoms with E-state index in [-0.39, 0.29) is 23.2 Å². The van der Waals surface area contributed by atoms with Crippen molar-refractivity contribution in [1.82, 2.24) is 9.80 Å². The highest BCUT2D eigenvalue weighted by atomic mass is 19.1. The van der Waals surface area contributed by atoms with Gasteiger partial charge in [-0.15, -0.1) is 0 Å². The van der Waals surface area contributed by atoms with Crippen LogP contribution >= 0.6 is 0 Å². The zero-order valence-corrected chi connectivity index (χ0v) is 28.4. The fraction of sp³-hybridized carbons (Fsp3) is 0.421. The number of benzene rings is 3. The van der Waals surface area contributed by atoms with Crippen LogP contribution in [0.1, 0.15) is 54.4 Å². The molecule has 11 heteroatoms. The molecule has 0 aliphatic carbocycles. The molecule has 0 bridgehead atoms. The summed E-state index contributed by atoms with van der Waals surface area (Å²) in [5, 5.41) is 15.6. The Hall–Kier alpha value is -4.32. The van der Waals surface area contributed by atoms with E-state index >= 15 is 0 Å². The molecule has 2 N–H and O–H groups in total. The predicted molar refractivity (Wildman–Crippen MR) is 182 cm³/mol. The molecular formula is C38H46F2N2O7. The monoisotopic (exact) mass is 680 g/mol. The van der Waals surface area contributed by atoms with Crippen LogP contribution in [0.3, 0.4) is 0 Å². The molecule has 0 aromatic heterocycles. The van der Waals surface area contributed by atoms with Gasteiger partial charge in [-0.05, 0) is 90.9 Å². The van der Waals surface area contributed by atoms with E-state index in [1.54, 1.807) is 14.2 Å². The van der Waals surface area contributed by atoms with Crippen molar-refractivity contribution in [3.63, 3.8) is 0 Å². The summed E-state index contributed by atoms with van der Waals surface area (Å²) in [6.45, 7) is 8.86. The zero-order valence-electron chi connectivity index (χ0n) is 28.4. The third-order valence-electron chi connectivity index (χ3n) is 9.37. The number of carbonyl (C=O) groups is 2. The van der Waals surface area contributed by atoms with Crippen molar-refractivity contribution < 1.29 is 42.8 Å². The average molecular weight is 681 g/mol. The fourth-order valence-electron chi connectivity index (χ4n) is 6.61. The maximum absolute atomic E-state index is 13.6. The molecule has 9 nitrogen and oxygen atoms in total. The van der Waals surface area contributed by atoms with Crippen LogP contribution in [0.15, 0.2) is 72.8 Å². The largest absolute Gasteiger partial charge is 0.493 e. The molecule has 0 saturated carbocycles. The van der Waals surface area contributed by atoms with Crippen LogP contribution in [0.4, 0.5) is 8.78 Å². The van der Waals surface area contributed by atoms with E-state index in [9.17, 15) is 18.4 Å². The van der Waals surface area contributed by atoms with Crippen molar-refractivity contribution in [2.45, 2.75) is 44.1 Å². The normalized spacial score (nSPS) is 18.1. The van der Waals surface area contributed by atoms with E-state index in [4.69, 9.17) is 24.4 Å². The van der Waals surface area contributed by atoms with Gasteiger partial charge in [-0.3, -0.25) is 0 Å².